The van der Waals surface area contributed by atoms with E-state index in [-0.39, 0.29) is 58.2 Å². The number of ether oxygens (including phenoxy) is 5. The van der Waals surface area contributed by atoms with Gasteiger partial charge in [0.25, 0.3) is 0 Å². The molecule has 10 nitrogen and oxygen atoms in total. The molecule has 0 saturated carbocycles. The quantitative estimate of drug-likeness (QED) is 0.0867. The number of quaternary nitrogens is 1. The molecule has 4 heterocycles. The Hall–Kier alpha value is -3.97. The number of carboxylic acids is 1. The van der Waals surface area contributed by atoms with Crippen molar-refractivity contribution in [2.45, 2.75) is 108 Å². The molecule has 0 aliphatic carbocycles. The van der Waals surface area contributed by atoms with Crippen molar-refractivity contribution in [3.63, 3.8) is 0 Å². The van der Waals surface area contributed by atoms with Crippen LogP contribution in [-0.4, -0.2) is 75.5 Å². The summed E-state index contributed by atoms with van der Waals surface area (Å²) in [5.74, 6) is 3.14. The number of fused-ring (bicyclic) bond motifs is 2. The van der Waals surface area contributed by atoms with E-state index in [4.69, 9.17) is 23.7 Å². The summed E-state index contributed by atoms with van der Waals surface area (Å²) in [4.78, 5) is 13.0. The topological polar surface area (TPSA) is 110 Å². The Morgan fingerprint density at radius 3 is 2.02 bits per heavy atom. The van der Waals surface area contributed by atoms with Gasteiger partial charge in [-0.3, -0.25) is 4.90 Å². The maximum atomic E-state index is 11.9. The first-order valence-electron chi connectivity index (χ1n) is 22.1. The number of hydrogen-bond donors (Lipinski definition) is 1. The molecule has 0 fully saturated rings. The number of rotatable bonds is 16. The molecule has 0 saturated heterocycles. The fourth-order valence-electron chi connectivity index (χ4n) is 9.76. The molecule has 4 aromatic carbocycles. The highest BCUT2D eigenvalue weighted by Gasteiger charge is 2.40. The molecule has 0 radical (unpaired) electrons. The lowest BCUT2D eigenvalue weighted by Crippen LogP contribution is -2.52. The Morgan fingerprint density at radius 1 is 0.742 bits per heavy atom. The third kappa shape index (κ3) is 11.4. The van der Waals surface area contributed by atoms with E-state index < -0.39 is 5.97 Å². The van der Waals surface area contributed by atoms with Crippen LogP contribution in [0, 0.1) is 0 Å². The Labute approximate surface area is 389 Å². The predicted molar refractivity (Wildman–Crippen MR) is 253 cm³/mol. The van der Waals surface area contributed by atoms with Gasteiger partial charge in [-0.25, -0.2) is 0 Å². The minimum Gasteiger partial charge on any atom is -0.550 e. The summed E-state index contributed by atoms with van der Waals surface area (Å²) < 4.78 is 32.1. The summed E-state index contributed by atoms with van der Waals surface area (Å²) in [5.41, 5.74) is 6.86. The number of likely N-dealkylation sites (N-methyl/N-ethyl adjacent to an activating group) is 2. The van der Waals surface area contributed by atoms with Crippen LogP contribution in [-0.2, 0) is 30.5 Å². The molecule has 1 N–H and O–H groups in total. The Morgan fingerprint density at radius 2 is 1.35 bits per heavy atom. The minimum atomic E-state index is -0.941. The lowest BCUT2D eigenvalue weighted by molar-refractivity contribution is -0.941. The van der Waals surface area contributed by atoms with Gasteiger partial charge in [-0.2, -0.15) is 0 Å². The number of hydrogen-bond acceptors (Lipinski definition) is 9. The summed E-state index contributed by atoms with van der Waals surface area (Å²) in [7, 11) is 9.50. The van der Waals surface area contributed by atoms with Crippen LogP contribution < -0.4 is 28.8 Å². The monoisotopic (exact) mass is 980 g/mol. The van der Waals surface area contributed by atoms with E-state index in [1.54, 1.807) is 21.3 Å². The first-order chi connectivity index (χ1) is 29.1. The number of halogens is 2. The molecule has 12 heteroatoms. The summed E-state index contributed by atoms with van der Waals surface area (Å²) in [5, 5.41) is 22.6. The molecule has 0 amide bonds. The van der Waals surface area contributed by atoms with E-state index in [0.717, 1.165) is 91.5 Å². The van der Waals surface area contributed by atoms with E-state index in [1.807, 2.05) is 12.1 Å². The van der Waals surface area contributed by atoms with Crippen molar-refractivity contribution >= 4 is 39.9 Å². The number of aliphatic carboxylic acids is 1. The van der Waals surface area contributed by atoms with Gasteiger partial charge >= 0.3 is 0 Å². The third-order valence-electron chi connectivity index (χ3n) is 13.3. The maximum Gasteiger partial charge on any atom is 0.201 e. The molecule has 3 atom stereocenters. The van der Waals surface area contributed by atoms with Crippen molar-refractivity contribution in [1.82, 2.24) is 4.90 Å². The van der Waals surface area contributed by atoms with Crippen molar-refractivity contribution < 1.29 is 43.2 Å². The molecule has 3 unspecified atom stereocenters. The number of aromatic hydroxyl groups is 1. The normalized spacial score (nSPS) is 19.0. The lowest BCUT2D eigenvalue weighted by atomic mass is 9.85. The molecule has 6 bridgehead atoms. The minimum absolute atomic E-state index is 0. The average Bonchev–Trinajstić information content (AvgIpc) is 3.24. The van der Waals surface area contributed by atoms with Crippen LogP contribution in [0.1, 0.15) is 116 Å². The average molecular weight is 983 g/mol. The number of carbonyl (C=O) groups excluding carboxylic acids is 1. The first kappa shape index (κ1) is 49.1. The zero-order chi connectivity index (χ0) is 42.2. The molecular weight excluding hydrogens is 916 g/mol. The maximum absolute atomic E-state index is 11.9. The number of phenolic OH excluding ortho intramolecular Hbond substituents is 1. The van der Waals surface area contributed by atoms with Crippen molar-refractivity contribution in [1.29, 1.82) is 0 Å². The molecular formula is C50H66Br2N2O8. The molecule has 4 aliphatic heterocycles. The van der Waals surface area contributed by atoms with Gasteiger partial charge in [0.2, 0.25) is 5.75 Å². The first-order valence-corrected chi connectivity index (χ1v) is 22.1. The van der Waals surface area contributed by atoms with Crippen LogP contribution in [0.3, 0.4) is 0 Å². The second kappa shape index (κ2) is 22.6. The fourth-order valence-corrected chi connectivity index (χ4v) is 9.76. The van der Waals surface area contributed by atoms with E-state index in [1.165, 1.54) is 55.2 Å². The summed E-state index contributed by atoms with van der Waals surface area (Å²) in [6.07, 6.45) is 14.6. The van der Waals surface area contributed by atoms with Gasteiger partial charge in [0.15, 0.2) is 34.5 Å². The number of nitrogens with zero attached hydrogens (tertiary/aromatic N) is 2. The van der Waals surface area contributed by atoms with Crippen LogP contribution in [0.5, 0.6) is 46.0 Å². The standard InChI is InChI=1S/C50H64N2O8.2BrH/c1-51-25-23-37-32-46(58-5)49(55)50-48(37)40(51)28-35-19-22-42(56-3)44(30-35)59-38-20-17-34(18-21-38)29-41-39-33-45(60-50)43(57-4)31-36(39)24-27-52(41,2)26-15-13-11-9-7-6-8-10-12-14-16-47(53)54;;/h17-22,30-33,40-41H,6-16,23-29H2,1-5H3,(H-,53,54,55);2*1H. The summed E-state index contributed by atoms with van der Waals surface area (Å²) in [6.45, 7) is 2.93. The van der Waals surface area contributed by atoms with Gasteiger partial charge in [0, 0.05) is 42.5 Å². The number of benzene rings is 4. The van der Waals surface area contributed by atoms with Crippen LogP contribution in [0.4, 0.5) is 0 Å². The summed E-state index contributed by atoms with van der Waals surface area (Å²) in [6, 6.07) is 21.0. The van der Waals surface area contributed by atoms with E-state index in [9.17, 15) is 15.0 Å². The number of unbranched alkanes of at least 4 members (excludes halogenated alkanes) is 9. The Kier molecular flexibility index (Phi) is 17.9. The molecule has 0 spiro atoms. The molecule has 8 rings (SSSR count). The highest BCUT2D eigenvalue weighted by molar-refractivity contribution is 8.93. The van der Waals surface area contributed by atoms with Crippen LogP contribution >= 0.6 is 34.0 Å². The van der Waals surface area contributed by atoms with Gasteiger partial charge in [-0.1, -0.05) is 63.1 Å². The molecule has 62 heavy (non-hydrogen) atoms. The largest absolute Gasteiger partial charge is 0.550 e. The molecule has 4 aliphatic rings. The van der Waals surface area contributed by atoms with Gasteiger partial charge in [0.1, 0.15) is 11.8 Å². The summed E-state index contributed by atoms with van der Waals surface area (Å²) >= 11 is 0. The molecule has 338 valence electrons. The Bertz CT molecular complexity index is 2110. The number of phenols is 1. The van der Waals surface area contributed by atoms with Gasteiger partial charge in [0.05, 0.1) is 41.5 Å². The van der Waals surface area contributed by atoms with Crippen molar-refractivity contribution in [2.75, 3.05) is 55.1 Å². The Balaban J connectivity index is 0.00000363. The number of methoxy groups -OCH3 is 3. The van der Waals surface area contributed by atoms with Gasteiger partial charge in [-0.15, -0.1) is 34.0 Å². The highest BCUT2D eigenvalue weighted by Crippen LogP contribution is 2.52. The molecule has 4 aromatic rings. The lowest BCUT2D eigenvalue weighted by Gasteiger charge is -2.46. The van der Waals surface area contributed by atoms with Crippen molar-refractivity contribution in [2.24, 2.45) is 0 Å². The van der Waals surface area contributed by atoms with Gasteiger partial charge in [-0.05, 0) is 110 Å². The zero-order valence-corrected chi connectivity index (χ0v) is 40.6. The van der Waals surface area contributed by atoms with E-state index in [0.29, 0.717) is 40.9 Å². The van der Waals surface area contributed by atoms with Crippen molar-refractivity contribution in [3.8, 4) is 46.0 Å². The van der Waals surface area contributed by atoms with Gasteiger partial charge < -0.3 is 43.2 Å². The second-order valence-electron chi connectivity index (χ2n) is 17.4. The zero-order valence-electron chi connectivity index (χ0n) is 37.2. The highest BCUT2D eigenvalue weighted by atomic mass is 79.9. The van der Waals surface area contributed by atoms with E-state index >= 15 is 0 Å². The van der Waals surface area contributed by atoms with Crippen LogP contribution in [0.15, 0.2) is 60.7 Å². The molecule has 0 aromatic heterocycles. The number of carboxylic acid groups (broad SMARTS) is 1. The van der Waals surface area contributed by atoms with E-state index in [2.05, 4.69) is 67.5 Å². The predicted octanol–water partition coefficient (Wildman–Crippen LogP) is 10.6. The van der Waals surface area contributed by atoms with Crippen LogP contribution in [0.25, 0.3) is 0 Å². The number of carbonyl (C=O) groups is 1. The fraction of sp³-hybridized carbons (Fsp3) is 0.500. The smallest absolute Gasteiger partial charge is 0.201 e. The third-order valence-corrected chi connectivity index (χ3v) is 13.3. The van der Waals surface area contributed by atoms with Crippen molar-refractivity contribution in [3.05, 3.63) is 94.0 Å². The van der Waals surface area contributed by atoms with Crippen LogP contribution in [0.2, 0.25) is 0 Å². The second-order valence-corrected chi connectivity index (χ2v) is 17.4. The SMILES string of the molecule is Br.Br.COc1ccc2cc1Oc1ccc(cc1)CC1c3cc(c(OC)cc3CC[N+]1(C)CCCCCCCCCCCCC(=O)[O-])Oc1c(O)c(OC)cc3c1C(C2)N(C)CC3.